The van der Waals surface area contributed by atoms with Gasteiger partial charge in [-0.1, -0.05) is 12.1 Å². The number of hydrogen-bond donors (Lipinski definition) is 3. The summed E-state index contributed by atoms with van der Waals surface area (Å²) >= 11 is 0. The molecule has 6 rings (SSSR count). The van der Waals surface area contributed by atoms with Crippen molar-refractivity contribution in [2.45, 2.75) is 31.7 Å². The maximum Gasteiger partial charge on any atom is 0.251 e. The van der Waals surface area contributed by atoms with Crippen LogP contribution in [0.25, 0.3) is 11.0 Å². The molecule has 9 nitrogen and oxygen atoms in total. The Kier molecular flexibility index (Phi) is 5.09. The van der Waals surface area contributed by atoms with Crippen LogP contribution in [0, 0.1) is 0 Å². The van der Waals surface area contributed by atoms with Crippen LogP contribution in [0.3, 0.4) is 0 Å². The Balaban J connectivity index is 1.32. The zero-order valence-electron chi connectivity index (χ0n) is 19.1. The van der Waals surface area contributed by atoms with Crippen LogP contribution in [0.2, 0.25) is 0 Å². The summed E-state index contributed by atoms with van der Waals surface area (Å²) < 4.78 is 11.7. The summed E-state index contributed by atoms with van der Waals surface area (Å²) in [7, 11) is 1.54. The summed E-state index contributed by atoms with van der Waals surface area (Å²) in [4.78, 5) is 37.1. The van der Waals surface area contributed by atoms with Crippen molar-refractivity contribution in [2.24, 2.45) is 0 Å². The van der Waals surface area contributed by atoms with E-state index in [2.05, 4.69) is 25.6 Å². The third kappa shape index (κ3) is 4.05. The van der Waals surface area contributed by atoms with Crippen LogP contribution in [0.4, 0.5) is 11.6 Å². The van der Waals surface area contributed by atoms with Gasteiger partial charge >= 0.3 is 0 Å². The SMILES string of the molecule is COc1cc(C(=O)NC2CC2)ccc1Nc1nc(Oc2cccc3c2C(=O)CC3)c2cc[nH]c2n1. The molecule has 0 aliphatic heterocycles. The van der Waals surface area contributed by atoms with E-state index in [4.69, 9.17) is 9.47 Å². The molecule has 176 valence electrons. The van der Waals surface area contributed by atoms with Gasteiger partial charge in [-0.05, 0) is 55.2 Å². The lowest BCUT2D eigenvalue weighted by atomic mass is 10.1. The molecule has 2 aromatic heterocycles. The van der Waals surface area contributed by atoms with Gasteiger partial charge in [0.15, 0.2) is 5.78 Å². The van der Waals surface area contributed by atoms with Gasteiger partial charge in [0.05, 0.1) is 23.7 Å². The van der Waals surface area contributed by atoms with Crippen molar-refractivity contribution in [3.63, 3.8) is 0 Å². The molecule has 35 heavy (non-hydrogen) atoms. The summed E-state index contributed by atoms with van der Waals surface area (Å²) in [5, 5.41) is 6.83. The number of Topliss-reactive ketones (excluding diaryl/α,β-unsaturated/α-hetero) is 1. The molecule has 0 saturated heterocycles. The largest absolute Gasteiger partial charge is 0.495 e. The van der Waals surface area contributed by atoms with Gasteiger partial charge in [-0.15, -0.1) is 0 Å². The second-order valence-corrected chi connectivity index (χ2v) is 8.70. The number of ketones is 1. The maximum atomic E-state index is 12.4. The van der Waals surface area contributed by atoms with Gasteiger partial charge in [0.1, 0.15) is 17.1 Å². The molecule has 0 spiro atoms. The van der Waals surface area contributed by atoms with E-state index in [1.165, 1.54) is 0 Å². The van der Waals surface area contributed by atoms with Crippen molar-refractivity contribution in [3.05, 3.63) is 65.4 Å². The summed E-state index contributed by atoms with van der Waals surface area (Å²) in [6.07, 6.45) is 5.00. The minimum atomic E-state index is -0.123. The van der Waals surface area contributed by atoms with Gasteiger partial charge in [-0.2, -0.15) is 9.97 Å². The zero-order valence-corrected chi connectivity index (χ0v) is 19.1. The number of aromatic amines is 1. The number of rotatable bonds is 7. The van der Waals surface area contributed by atoms with Gasteiger partial charge in [0, 0.05) is 24.2 Å². The van der Waals surface area contributed by atoms with E-state index in [-0.39, 0.29) is 23.7 Å². The van der Waals surface area contributed by atoms with Crippen LogP contribution in [0.15, 0.2) is 48.7 Å². The minimum absolute atomic E-state index is 0.0730. The standard InChI is InChI=1S/C26H23N5O4/c1-34-21-13-15(24(33)28-16-7-8-16)5-9-18(21)29-26-30-23-17(11-12-27-23)25(31-26)35-20-4-2-3-14-6-10-19(32)22(14)20/h2-5,9,11-13,16H,6-8,10H2,1H3,(H,28,33)(H2,27,29,30,31). The average Bonchev–Trinajstić information content (AvgIpc) is 3.39. The Morgan fingerprint density at radius 1 is 1.09 bits per heavy atom. The van der Waals surface area contributed by atoms with E-state index in [1.54, 1.807) is 37.6 Å². The second kappa shape index (κ2) is 8.43. The number of nitrogens with zero attached hydrogens (tertiary/aromatic N) is 2. The van der Waals surface area contributed by atoms with E-state index in [9.17, 15) is 9.59 Å². The van der Waals surface area contributed by atoms with Crippen LogP contribution < -0.4 is 20.1 Å². The highest BCUT2D eigenvalue weighted by molar-refractivity contribution is 6.03. The van der Waals surface area contributed by atoms with Crippen LogP contribution in [0.1, 0.15) is 45.5 Å². The van der Waals surface area contributed by atoms with Crippen molar-refractivity contribution >= 4 is 34.4 Å². The highest BCUT2D eigenvalue weighted by atomic mass is 16.5. The number of amides is 1. The van der Waals surface area contributed by atoms with Crippen molar-refractivity contribution < 1.29 is 19.1 Å². The first-order valence-electron chi connectivity index (χ1n) is 11.5. The topological polar surface area (TPSA) is 118 Å². The Morgan fingerprint density at radius 3 is 2.80 bits per heavy atom. The summed E-state index contributed by atoms with van der Waals surface area (Å²) in [5.41, 5.74) is 3.30. The van der Waals surface area contributed by atoms with E-state index in [1.807, 2.05) is 18.2 Å². The van der Waals surface area contributed by atoms with Crippen LogP contribution in [-0.4, -0.2) is 39.8 Å². The molecule has 0 bridgehead atoms. The summed E-state index contributed by atoms with van der Waals surface area (Å²) in [5.74, 6) is 1.53. The molecule has 1 amide bonds. The number of carbonyl (C=O) groups is 2. The molecule has 3 N–H and O–H groups in total. The van der Waals surface area contributed by atoms with Gasteiger partial charge < -0.3 is 25.1 Å². The summed E-state index contributed by atoms with van der Waals surface area (Å²) in [6, 6.07) is 12.9. The van der Waals surface area contributed by atoms with Crippen LogP contribution >= 0.6 is 0 Å². The number of benzene rings is 2. The number of nitrogens with one attached hydrogen (secondary N) is 3. The first-order valence-corrected chi connectivity index (χ1v) is 11.5. The van der Waals surface area contributed by atoms with E-state index >= 15 is 0 Å². The molecule has 1 saturated carbocycles. The van der Waals surface area contributed by atoms with Crippen LogP contribution in [-0.2, 0) is 6.42 Å². The third-order valence-corrected chi connectivity index (χ3v) is 6.22. The molecule has 0 atom stereocenters. The molecule has 2 aliphatic carbocycles. The lowest BCUT2D eigenvalue weighted by molar-refractivity contribution is 0.0949. The summed E-state index contributed by atoms with van der Waals surface area (Å²) in [6.45, 7) is 0. The molecule has 4 aromatic rings. The fourth-order valence-electron chi connectivity index (χ4n) is 4.26. The fourth-order valence-corrected chi connectivity index (χ4v) is 4.26. The maximum absolute atomic E-state index is 12.4. The normalized spacial score (nSPS) is 14.6. The average molecular weight is 470 g/mol. The molecular formula is C26H23N5O4. The molecular weight excluding hydrogens is 446 g/mol. The highest BCUT2D eigenvalue weighted by Crippen LogP contribution is 2.36. The van der Waals surface area contributed by atoms with E-state index < -0.39 is 0 Å². The highest BCUT2D eigenvalue weighted by Gasteiger charge is 2.26. The van der Waals surface area contributed by atoms with Crippen LogP contribution in [0.5, 0.6) is 17.4 Å². The minimum Gasteiger partial charge on any atom is -0.495 e. The van der Waals surface area contributed by atoms with Crippen molar-refractivity contribution in [3.8, 4) is 17.4 Å². The number of carbonyl (C=O) groups excluding carboxylic acids is 2. The number of ether oxygens (including phenoxy) is 2. The molecule has 9 heteroatoms. The quantitative estimate of drug-likeness (QED) is 0.364. The Hall–Kier alpha value is -4.40. The molecule has 0 unspecified atom stereocenters. The number of anilines is 2. The lowest BCUT2D eigenvalue weighted by Gasteiger charge is -2.14. The van der Waals surface area contributed by atoms with Gasteiger partial charge in [-0.25, -0.2) is 0 Å². The molecule has 1 fully saturated rings. The molecule has 2 aromatic carbocycles. The lowest BCUT2D eigenvalue weighted by Crippen LogP contribution is -2.25. The third-order valence-electron chi connectivity index (χ3n) is 6.22. The number of aryl methyl sites for hydroxylation is 1. The van der Waals surface area contributed by atoms with Crippen molar-refractivity contribution in [2.75, 3.05) is 12.4 Å². The molecule has 2 heterocycles. The van der Waals surface area contributed by atoms with Crippen molar-refractivity contribution in [1.82, 2.24) is 20.3 Å². The smallest absolute Gasteiger partial charge is 0.251 e. The molecule has 0 radical (unpaired) electrons. The predicted octanol–water partition coefficient (Wildman–Crippen LogP) is 4.52. The fraction of sp³-hybridized carbons (Fsp3) is 0.231. The van der Waals surface area contributed by atoms with E-state index in [0.29, 0.717) is 51.6 Å². The number of aromatic nitrogens is 3. The number of fused-ring (bicyclic) bond motifs is 2. The number of H-pyrrole nitrogens is 1. The Bertz CT molecular complexity index is 1470. The number of methoxy groups -OCH3 is 1. The van der Waals surface area contributed by atoms with Gasteiger partial charge in [0.2, 0.25) is 11.8 Å². The zero-order chi connectivity index (χ0) is 23.9. The predicted molar refractivity (Wildman–Crippen MR) is 130 cm³/mol. The number of hydrogen-bond acceptors (Lipinski definition) is 7. The monoisotopic (exact) mass is 469 g/mol. The molecule has 2 aliphatic rings. The Labute approximate surface area is 200 Å². The Morgan fingerprint density at radius 2 is 1.97 bits per heavy atom. The van der Waals surface area contributed by atoms with Gasteiger partial charge in [0.25, 0.3) is 5.91 Å². The van der Waals surface area contributed by atoms with Gasteiger partial charge in [-0.3, -0.25) is 9.59 Å². The first-order chi connectivity index (χ1) is 17.1. The first kappa shape index (κ1) is 21.2. The second-order valence-electron chi connectivity index (χ2n) is 8.70. The van der Waals surface area contributed by atoms with E-state index in [0.717, 1.165) is 24.8 Å². The van der Waals surface area contributed by atoms with Crippen molar-refractivity contribution in [1.29, 1.82) is 0 Å².